The molecule has 28 heavy (non-hydrogen) atoms. The van der Waals surface area contributed by atoms with Gasteiger partial charge in [-0.25, -0.2) is 14.8 Å². The minimum atomic E-state index is -0.570. The Kier molecular flexibility index (Phi) is 5.49. The monoisotopic (exact) mass is 379 g/mol. The van der Waals surface area contributed by atoms with Gasteiger partial charge >= 0.3 is 5.97 Å². The minimum absolute atomic E-state index is 0.175. The number of ether oxygens (including phenoxy) is 1. The molecule has 0 radical (unpaired) electrons. The topological polar surface area (TPSA) is 99.0 Å². The molecule has 1 aromatic carbocycles. The van der Waals surface area contributed by atoms with Gasteiger partial charge < -0.3 is 10.1 Å². The molecule has 144 valence electrons. The van der Waals surface area contributed by atoms with Crippen molar-refractivity contribution in [1.29, 1.82) is 0 Å². The maximum Gasteiger partial charge on any atom is 0.343 e. The number of aromatic nitrogens is 4. The van der Waals surface area contributed by atoms with Crippen LogP contribution < -0.4 is 5.32 Å². The standard InChI is InChI=1S/C20H21N5O3/c1-5-28-19(27)16-14(4)24-25(20-21-12(2)11-13(3)22-20)17(16)23-18(26)15-9-7-6-8-10-15/h6-11H,5H2,1-4H3,(H,23,26). The largest absolute Gasteiger partial charge is 0.462 e. The molecule has 0 aliphatic rings. The van der Waals surface area contributed by atoms with Gasteiger partial charge in [-0.05, 0) is 45.9 Å². The van der Waals surface area contributed by atoms with Crippen molar-refractivity contribution in [2.45, 2.75) is 27.7 Å². The Morgan fingerprint density at radius 3 is 2.32 bits per heavy atom. The summed E-state index contributed by atoms with van der Waals surface area (Å²) in [5.41, 5.74) is 2.52. The lowest BCUT2D eigenvalue weighted by atomic mass is 10.2. The zero-order valence-corrected chi connectivity index (χ0v) is 16.2. The van der Waals surface area contributed by atoms with Crippen molar-refractivity contribution in [2.75, 3.05) is 11.9 Å². The first-order valence-corrected chi connectivity index (χ1v) is 8.86. The lowest BCUT2D eigenvalue weighted by Crippen LogP contribution is -2.19. The second-order valence-electron chi connectivity index (χ2n) is 6.21. The zero-order valence-electron chi connectivity index (χ0n) is 16.2. The molecule has 1 N–H and O–H groups in total. The molecule has 0 unspecified atom stereocenters. The maximum absolute atomic E-state index is 12.7. The van der Waals surface area contributed by atoms with Crippen LogP contribution in [0, 0.1) is 20.8 Å². The Morgan fingerprint density at radius 2 is 1.71 bits per heavy atom. The molecule has 3 rings (SSSR count). The van der Waals surface area contributed by atoms with Crippen LogP contribution in [0.2, 0.25) is 0 Å². The molecule has 0 atom stereocenters. The second kappa shape index (κ2) is 7.99. The number of amides is 1. The highest BCUT2D eigenvalue weighted by Gasteiger charge is 2.26. The lowest BCUT2D eigenvalue weighted by molar-refractivity contribution is 0.0527. The fourth-order valence-corrected chi connectivity index (χ4v) is 2.81. The van der Waals surface area contributed by atoms with E-state index in [1.54, 1.807) is 38.1 Å². The third-order valence-corrected chi connectivity index (χ3v) is 3.97. The second-order valence-corrected chi connectivity index (χ2v) is 6.21. The highest BCUT2D eigenvalue weighted by atomic mass is 16.5. The summed E-state index contributed by atoms with van der Waals surface area (Å²) in [7, 11) is 0. The fourth-order valence-electron chi connectivity index (χ4n) is 2.81. The van der Waals surface area contributed by atoms with Gasteiger partial charge in [0, 0.05) is 17.0 Å². The average molecular weight is 379 g/mol. The number of carbonyl (C=O) groups is 2. The van der Waals surface area contributed by atoms with Gasteiger partial charge in [-0.3, -0.25) is 4.79 Å². The van der Waals surface area contributed by atoms with E-state index in [0.29, 0.717) is 11.3 Å². The number of esters is 1. The van der Waals surface area contributed by atoms with Gasteiger partial charge in [0.15, 0.2) is 5.82 Å². The van der Waals surface area contributed by atoms with E-state index in [-0.39, 0.29) is 29.8 Å². The SMILES string of the molecule is CCOC(=O)c1c(C)nn(-c2nc(C)cc(C)n2)c1NC(=O)c1ccccc1. The Bertz CT molecular complexity index is 1010. The lowest BCUT2D eigenvalue weighted by Gasteiger charge is -2.11. The molecule has 0 aliphatic heterocycles. The number of hydrogen-bond acceptors (Lipinski definition) is 6. The van der Waals surface area contributed by atoms with E-state index in [4.69, 9.17) is 4.74 Å². The first-order chi connectivity index (χ1) is 13.4. The van der Waals surface area contributed by atoms with Gasteiger partial charge in [-0.1, -0.05) is 18.2 Å². The molecular weight excluding hydrogens is 358 g/mol. The van der Waals surface area contributed by atoms with Gasteiger partial charge in [0.25, 0.3) is 11.9 Å². The number of hydrogen-bond donors (Lipinski definition) is 1. The van der Waals surface area contributed by atoms with E-state index >= 15 is 0 Å². The molecule has 0 spiro atoms. The number of nitrogens with one attached hydrogen (secondary N) is 1. The van der Waals surface area contributed by atoms with E-state index in [1.807, 2.05) is 26.0 Å². The molecule has 8 nitrogen and oxygen atoms in total. The van der Waals surface area contributed by atoms with Gasteiger partial charge in [0.05, 0.1) is 12.3 Å². The third-order valence-electron chi connectivity index (χ3n) is 3.97. The number of aryl methyl sites for hydroxylation is 3. The summed E-state index contributed by atoms with van der Waals surface area (Å²) in [4.78, 5) is 34.0. The van der Waals surface area contributed by atoms with Crippen LogP contribution in [0.25, 0.3) is 5.95 Å². The van der Waals surface area contributed by atoms with Crippen LogP contribution in [0.3, 0.4) is 0 Å². The third kappa shape index (κ3) is 3.90. The summed E-state index contributed by atoms with van der Waals surface area (Å²) in [6, 6.07) is 10.5. The Balaban J connectivity index is 2.13. The number of nitrogens with zero attached hydrogens (tertiary/aromatic N) is 4. The van der Waals surface area contributed by atoms with Crippen LogP contribution in [0.5, 0.6) is 0 Å². The summed E-state index contributed by atoms with van der Waals surface area (Å²) in [5.74, 6) is -0.509. The highest BCUT2D eigenvalue weighted by molar-refractivity contribution is 6.07. The van der Waals surface area contributed by atoms with E-state index in [2.05, 4.69) is 20.4 Å². The molecule has 0 aliphatic carbocycles. The molecule has 8 heteroatoms. The van der Waals surface area contributed by atoms with Crippen molar-refractivity contribution in [3.05, 3.63) is 64.6 Å². The molecule has 1 amide bonds. The van der Waals surface area contributed by atoms with Crippen molar-refractivity contribution >= 4 is 17.7 Å². The predicted octanol–water partition coefficient (Wildman–Crippen LogP) is 3.02. The first kappa shape index (κ1) is 19.2. The van der Waals surface area contributed by atoms with Gasteiger partial charge in [0.1, 0.15) is 5.56 Å². The molecule has 2 aromatic heterocycles. The Morgan fingerprint density at radius 1 is 1.07 bits per heavy atom. The van der Waals surface area contributed by atoms with Crippen LogP contribution in [0.15, 0.2) is 36.4 Å². The minimum Gasteiger partial charge on any atom is -0.462 e. The quantitative estimate of drug-likeness (QED) is 0.684. The summed E-state index contributed by atoms with van der Waals surface area (Å²) in [6.45, 7) is 7.26. The smallest absolute Gasteiger partial charge is 0.343 e. The molecule has 0 bridgehead atoms. The molecule has 0 fully saturated rings. The Hall–Kier alpha value is -3.55. The fraction of sp³-hybridized carbons (Fsp3) is 0.250. The van der Waals surface area contributed by atoms with Gasteiger partial charge in [-0.15, -0.1) is 0 Å². The van der Waals surface area contributed by atoms with Crippen LogP contribution in [-0.2, 0) is 4.74 Å². The van der Waals surface area contributed by atoms with Crippen molar-refractivity contribution < 1.29 is 14.3 Å². The van der Waals surface area contributed by atoms with Crippen molar-refractivity contribution in [3.63, 3.8) is 0 Å². The molecule has 0 saturated heterocycles. The first-order valence-electron chi connectivity index (χ1n) is 8.86. The van der Waals surface area contributed by atoms with Gasteiger partial charge in [-0.2, -0.15) is 9.78 Å². The maximum atomic E-state index is 12.7. The average Bonchev–Trinajstić information content (AvgIpc) is 2.98. The summed E-state index contributed by atoms with van der Waals surface area (Å²) < 4.78 is 6.51. The van der Waals surface area contributed by atoms with E-state index in [9.17, 15) is 9.59 Å². The Labute approximate surface area is 162 Å². The van der Waals surface area contributed by atoms with Crippen molar-refractivity contribution in [1.82, 2.24) is 19.7 Å². The number of rotatable bonds is 5. The highest BCUT2D eigenvalue weighted by Crippen LogP contribution is 2.24. The molecule has 3 aromatic rings. The van der Waals surface area contributed by atoms with Gasteiger partial charge in [0.2, 0.25) is 0 Å². The summed E-state index contributed by atoms with van der Waals surface area (Å²) in [6.07, 6.45) is 0. The summed E-state index contributed by atoms with van der Waals surface area (Å²) >= 11 is 0. The molecular formula is C20H21N5O3. The van der Waals surface area contributed by atoms with E-state index in [1.165, 1.54) is 4.68 Å². The van der Waals surface area contributed by atoms with E-state index < -0.39 is 5.97 Å². The molecule has 0 saturated carbocycles. The van der Waals surface area contributed by atoms with Crippen LogP contribution >= 0.6 is 0 Å². The van der Waals surface area contributed by atoms with Crippen molar-refractivity contribution in [3.8, 4) is 5.95 Å². The van der Waals surface area contributed by atoms with E-state index in [0.717, 1.165) is 11.4 Å². The predicted molar refractivity (Wildman–Crippen MR) is 104 cm³/mol. The van der Waals surface area contributed by atoms with Crippen LogP contribution in [-0.4, -0.2) is 38.2 Å². The van der Waals surface area contributed by atoms with Crippen LogP contribution in [0.4, 0.5) is 5.82 Å². The zero-order chi connectivity index (χ0) is 20.3. The molecule has 2 heterocycles. The van der Waals surface area contributed by atoms with Crippen molar-refractivity contribution in [2.24, 2.45) is 0 Å². The number of anilines is 1. The number of benzene rings is 1. The number of carbonyl (C=O) groups excluding carboxylic acids is 2. The summed E-state index contributed by atoms with van der Waals surface area (Å²) in [5, 5.41) is 7.16. The normalized spacial score (nSPS) is 10.6. The van der Waals surface area contributed by atoms with Crippen LogP contribution in [0.1, 0.15) is 44.7 Å².